The highest BCUT2D eigenvalue weighted by Gasteiger charge is 2.34. The van der Waals surface area contributed by atoms with Crippen molar-refractivity contribution in [3.8, 4) is 6.07 Å². The molecule has 0 radical (unpaired) electrons. The number of nitrogens with one attached hydrogen (secondary N) is 2. The summed E-state index contributed by atoms with van der Waals surface area (Å²) in [5.74, 6) is -4.04. The zero-order chi connectivity index (χ0) is 25.4. The lowest BCUT2D eigenvalue weighted by molar-refractivity contribution is -0.0192. The number of anilines is 2. The van der Waals surface area contributed by atoms with Gasteiger partial charge in [-0.1, -0.05) is 41.4 Å². The predicted molar refractivity (Wildman–Crippen MR) is 130 cm³/mol. The number of halogens is 4. The first-order chi connectivity index (χ1) is 16.7. The van der Waals surface area contributed by atoms with E-state index in [1.165, 1.54) is 30.3 Å². The summed E-state index contributed by atoms with van der Waals surface area (Å²) >= 11 is 11.9. The number of rotatable bonds is 8. The van der Waals surface area contributed by atoms with E-state index < -0.39 is 29.9 Å². The molecule has 0 unspecified atom stereocenters. The van der Waals surface area contributed by atoms with Gasteiger partial charge in [0.25, 0.3) is 11.8 Å². The number of para-hydroxylation sites is 1. The monoisotopic (exact) mass is 517 g/mol. The minimum absolute atomic E-state index is 0.0454. The van der Waals surface area contributed by atoms with Gasteiger partial charge in [-0.05, 0) is 55.0 Å². The van der Waals surface area contributed by atoms with Crippen LogP contribution in [0.3, 0.4) is 0 Å². The topological polar surface area (TPSA) is 91.2 Å². The molecule has 180 valence electrons. The number of carbonyl (C=O) groups is 2. The summed E-state index contributed by atoms with van der Waals surface area (Å²) in [4.78, 5) is 24.4. The lowest BCUT2D eigenvalue weighted by Gasteiger charge is -2.19. The zero-order valence-electron chi connectivity index (χ0n) is 18.2. The first-order valence-electron chi connectivity index (χ1n) is 10.4. The molecule has 10 heteroatoms. The van der Waals surface area contributed by atoms with Gasteiger partial charge < -0.3 is 10.1 Å². The smallest absolute Gasteiger partial charge is 0.411 e. The maximum atomic E-state index is 14.9. The van der Waals surface area contributed by atoms with E-state index in [0.29, 0.717) is 5.69 Å². The van der Waals surface area contributed by atoms with Crippen LogP contribution >= 0.6 is 23.2 Å². The molecule has 0 saturated heterocycles. The number of nitriles is 1. The first kappa shape index (κ1) is 25.9. The summed E-state index contributed by atoms with van der Waals surface area (Å²) in [5.41, 5.74) is 0.398. The van der Waals surface area contributed by atoms with E-state index in [9.17, 15) is 18.4 Å². The molecule has 0 aliphatic heterocycles. The molecular formula is C25H19Cl2F2N3O3. The molecule has 6 nitrogen and oxygen atoms in total. The van der Waals surface area contributed by atoms with Crippen molar-refractivity contribution in [1.29, 1.82) is 5.26 Å². The Morgan fingerprint density at radius 3 is 2.37 bits per heavy atom. The van der Waals surface area contributed by atoms with E-state index in [1.54, 1.807) is 30.3 Å². The Hall–Kier alpha value is -3.67. The van der Waals surface area contributed by atoms with E-state index in [2.05, 4.69) is 10.6 Å². The van der Waals surface area contributed by atoms with Crippen LogP contribution in [0.1, 0.15) is 34.3 Å². The Kier molecular flexibility index (Phi) is 8.63. The maximum Gasteiger partial charge on any atom is 0.411 e. The summed E-state index contributed by atoms with van der Waals surface area (Å²) in [6.07, 6.45) is -1.54. The van der Waals surface area contributed by atoms with Crippen LogP contribution in [0.5, 0.6) is 0 Å². The fourth-order valence-electron chi connectivity index (χ4n) is 3.11. The van der Waals surface area contributed by atoms with E-state index in [-0.39, 0.29) is 39.9 Å². The summed E-state index contributed by atoms with van der Waals surface area (Å²) in [6, 6.07) is 18.3. The van der Waals surface area contributed by atoms with E-state index in [4.69, 9.17) is 33.2 Å². The number of nitrogens with zero attached hydrogens (tertiary/aromatic N) is 1. The molecule has 0 aliphatic rings. The summed E-state index contributed by atoms with van der Waals surface area (Å²) in [6.45, 7) is -0.232. The molecule has 0 bridgehead atoms. The molecule has 0 aromatic heterocycles. The highest BCUT2D eigenvalue weighted by molar-refractivity contribution is 6.32. The molecule has 0 heterocycles. The zero-order valence-corrected chi connectivity index (χ0v) is 19.7. The van der Waals surface area contributed by atoms with Crippen LogP contribution in [0.15, 0.2) is 66.7 Å². The van der Waals surface area contributed by atoms with Crippen LogP contribution in [0, 0.1) is 11.3 Å². The predicted octanol–water partition coefficient (Wildman–Crippen LogP) is 7.24. The SMILES string of the molecule is N#Cc1cc(NC(=O)c2ccc(Cl)c(C(F)(F)CCCOC(=O)Nc3ccccc3)c2)ccc1Cl. The fraction of sp³-hybridized carbons (Fsp3) is 0.160. The molecule has 0 atom stereocenters. The van der Waals surface area contributed by atoms with Gasteiger partial charge in [-0.2, -0.15) is 5.26 Å². The molecule has 2 N–H and O–H groups in total. The largest absolute Gasteiger partial charge is 0.449 e. The minimum Gasteiger partial charge on any atom is -0.449 e. The van der Waals surface area contributed by atoms with Gasteiger partial charge in [-0.25, -0.2) is 13.6 Å². The van der Waals surface area contributed by atoms with Crippen molar-refractivity contribution in [1.82, 2.24) is 0 Å². The van der Waals surface area contributed by atoms with Gasteiger partial charge >= 0.3 is 6.09 Å². The molecule has 0 saturated carbocycles. The van der Waals surface area contributed by atoms with Crippen LogP contribution in [-0.2, 0) is 10.7 Å². The van der Waals surface area contributed by atoms with Crippen molar-refractivity contribution in [2.45, 2.75) is 18.8 Å². The standard InChI is InChI=1S/C25H19Cl2F2N3O3/c26-21-10-8-19(13-17(21)15-30)31-23(33)16-7-9-22(27)20(14-16)25(28,29)11-4-12-35-24(34)32-18-5-2-1-3-6-18/h1-3,5-10,13-14H,4,11-12H2,(H,31,33)(H,32,34). The normalized spacial score (nSPS) is 10.8. The van der Waals surface area contributed by atoms with Crippen molar-refractivity contribution < 1.29 is 23.1 Å². The fourth-order valence-corrected chi connectivity index (χ4v) is 3.52. The van der Waals surface area contributed by atoms with Crippen molar-refractivity contribution in [3.05, 3.63) is 93.5 Å². The van der Waals surface area contributed by atoms with Crippen LogP contribution in [0.4, 0.5) is 25.0 Å². The third-order valence-corrected chi connectivity index (χ3v) is 5.51. The Morgan fingerprint density at radius 2 is 1.66 bits per heavy atom. The van der Waals surface area contributed by atoms with Crippen LogP contribution < -0.4 is 10.6 Å². The maximum absolute atomic E-state index is 14.9. The first-order valence-corrected chi connectivity index (χ1v) is 11.1. The average Bonchev–Trinajstić information content (AvgIpc) is 2.83. The van der Waals surface area contributed by atoms with Crippen molar-refractivity contribution in [3.63, 3.8) is 0 Å². The second-order valence-corrected chi connectivity index (χ2v) is 8.20. The summed E-state index contributed by atoms with van der Waals surface area (Å²) in [5, 5.41) is 14.1. The molecule has 35 heavy (non-hydrogen) atoms. The van der Waals surface area contributed by atoms with Crippen LogP contribution in [0.25, 0.3) is 0 Å². The number of ether oxygens (including phenoxy) is 1. The van der Waals surface area contributed by atoms with E-state index >= 15 is 0 Å². The van der Waals surface area contributed by atoms with Gasteiger partial charge in [0.2, 0.25) is 0 Å². The second-order valence-electron chi connectivity index (χ2n) is 7.39. The minimum atomic E-state index is -3.37. The van der Waals surface area contributed by atoms with Crippen LogP contribution in [0.2, 0.25) is 10.0 Å². The lowest BCUT2D eigenvalue weighted by Crippen LogP contribution is -2.19. The highest BCUT2D eigenvalue weighted by atomic mass is 35.5. The van der Waals surface area contributed by atoms with E-state index in [0.717, 1.165) is 6.07 Å². The van der Waals surface area contributed by atoms with Crippen molar-refractivity contribution >= 4 is 46.6 Å². The highest BCUT2D eigenvalue weighted by Crippen LogP contribution is 2.38. The lowest BCUT2D eigenvalue weighted by atomic mass is 10.0. The average molecular weight is 518 g/mol. The van der Waals surface area contributed by atoms with Crippen LogP contribution in [-0.4, -0.2) is 18.6 Å². The quantitative estimate of drug-likeness (QED) is 0.308. The van der Waals surface area contributed by atoms with Gasteiger partial charge in [-0.15, -0.1) is 0 Å². The molecule has 3 aromatic carbocycles. The Bertz CT molecular complexity index is 1260. The molecule has 0 aliphatic carbocycles. The molecule has 0 fully saturated rings. The van der Waals surface area contributed by atoms with E-state index in [1.807, 2.05) is 6.07 Å². The summed E-state index contributed by atoms with van der Waals surface area (Å²) < 4.78 is 34.7. The molecule has 3 aromatic rings. The van der Waals surface area contributed by atoms with Gasteiger partial charge in [-0.3, -0.25) is 10.1 Å². The number of alkyl halides is 2. The number of benzene rings is 3. The van der Waals surface area contributed by atoms with Gasteiger partial charge in [0.15, 0.2) is 0 Å². The molecular weight excluding hydrogens is 499 g/mol. The molecule has 3 rings (SSSR count). The number of hydrogen-bond donors (Lipinski definition) is 2. The number of amides is 2. The molecule has 0 spiro atoms. The third-order valence-electron chi connectivity index (χ3n) is 4.86. The second kappa shape index (κ2) is 11.6. The van der Waals surface area contributed by atoms with Crippen molar-refractivity contribution in [2.75, 3.05) is 17.2 Å². The Labute approximate surface area is 210 Å². The molecule has 2 amide bonds. The Morgan fingerprint density at radius 1 is 0.943 bits per heavy atom. The van der Waals surface area contributed by atoms with Crippen molar-refractivity contribution in [2.24, 2.45) is 0 Å². The van der Waals surface area contributed by atoms with Gasteiger partial charge in [0.05, 0.1) is 17.2 Å². The van der Waals surface area contributed by atoms with Gasteiger partial charge in [0.1, 0.15) is 6.07 Å². The number of carbonyl (C=O) groups excluding carboxylic acids is 2. The van der Waals surface area contributed by atoms with Gasteiger partial charge in [0, 0.05) is 33.9 Å². The number of hydrogen-bond acceptors (Lipinski definition) is 4. The Balaban J connectivity index is 1.60. The summed E-state index contributed by atoms with van der Waals surface area (Å²) in [7, 11) is 0. The third kappa shape index (κ3) is 7.15.